The molecule has 5 heteroatoms. The topological polar surface area (TPSA) is 64.1 Å². The van der Waals surface area contributed by atoms with Gasteiger partial charge in [-0.2, -0.15) is 0 Å². The lowest BCUT2D eigenvalue weighted by atomic mass is 10.2. The third-order valence-corrected chi connectivity index (χ3v) is 4.64. The normalized spacial score (nSPS) is 12.9. The molecule has 21 heavy (non-hydrogen) atoms. The Hall–Kier alpha value is -1.85. The van der Waals surface area contributed by atoms with Crippen LogP contribution in [0.15, 0.2) is 29.6 Å². The number of aromatic nitrogens is 2. The van der Waals surface area contributed by atoms with Crippen molar-refractivity contribution < 1.29 is 5.11 Å². The molecule has 0 aliphatic rings. The summed E-state index contributed by atoms with van der Waals surface area (Å²) in [5.74, 6) is 0.686. The molecule has 0 fully saturated rings. The van der Waals surface area contributed by atoms with E-state index in [1.807, 2.05) is 18.2 Å². The first-order chi connectivity index (χ1) is 10.1. The highest BCUT2D eigenvalue weighted by Gasteiger charge is 2.16. The van der Waals surface area contributed by atoms with Crippen molar-refractivity contribution >= 4 is 28.1 Å². The number of hydrogen-bond acceptors (Lipinski definition) is 4. The van der Waals surface area contributed by atoms with Gasteiger partial charge in [0.15, 0.2) is 0 Å². The van der Waals surface area contributed by atoms with E-state index in [9.17, 15) is 5.11 Å². The summed E-state index contributed by atoms with van der Waals surface area (Å²) in [5.41, 5.74) is 9.72. The van der Waals surface area contributed by atoms with Crippen molar-refractivity contribution in [3.05, 3.63) is 45.9 Å². The second-order valence-corrected chi connectivity index (χ2v) is 6.20. The van der Waals surface area contributed by atoms with Crippen LogP contribution in [0.3, 0.4) is 0 Å². The highest BCUT2D eigenvalue weighted by molar-refractivity contribution is 7.10. The van der Waals surface area contributed by atoms with Gasteiger partial charge in [-0.25, -0.2) is 4.98 Å². The fraction of sp³-hybridized carbons (Fsp3) is 0.312. The fourth-order valence-corrected chi connectivity index (χ4v) is 3.58. The number of nitrogen functional groups attached to an aromatic ring is 1. The van der Waals surface area contributed by atoms with Crippen LogP contribution in [-0.4, -0.2) is 14.7 Å². The van der Waals surface area contributed by atoms with Crippen LogP contribution in [-0.2, 0) is 13.0 Å². The van der Waals surface area contributed by atoms with E-state index in [0.29, 0.717) is 11.5 Å². The van der Waals surface area contributed by atoms with Crippen molar-refractivity contribution in [2.24, 2.45) is 0 Å². The van der Waals surface area contributed by atoms with Crippen molar-refractivity contribution in [2.75, 3.05) is 5.73 Å². The summed E-state index contributed by atoms with van der Waals surface area (Å²) >= 11 is 1.75. The molecule has 0 amide bonds. The lowest BCUT2D eigenvalue weighted by Gasteiger charge is -2.11. The molecule has 1 aromatic carbocycles. The SMILES string of the molecule is CCc1ccsc1Cn1c(C(C)O)nc2cc(N)ccc21. The number of rotatable bonds is 4. The molecular weight excluding hydrogens is 282 g/mol. The van der Waals surface area contributed by atoms with Crippen LogP contribution in [0.25, 0.3) is 11.0 Å². The quantitative estimate of drug-likeness (QED) is 0.726. The van der Waals surface area contributed by atoms with Gasteiger partial charge < -0.3 is 15.4 Å². The second kappa shape index (κ2) is 5.50. The Morgan fingerprint density at radius 2 is 2.19 bits per heavy atom. The van der Waals surface area contributed by atoms with Crippen LogP contribution < -0.4 is 5.73 Å². The Bertz CT molecular complexity index is 773. The Labute approximate surface area is 127 Å². The third-order valence-electron chi connectivity index (χ3n) is 3.70. The van der Waals surface area contributed by atoms with Gasteiger partial charge in [0.25, 0.3) is 0 Å². The zero-order valence-electron chi connectivity index (χ0n) is 12.2. The number of fused-ring (bicyclic) bond motifs is 1. The molecule has 0 aliphatic heterocycles. The minimum atomic E-state index is -0.608. The predicted molar refractivity (Wildman–Crippen MR) is 87.6 cm³/mol. The molecule has 110 valence electrons. The number of benzene rings is 1. The monoisotopic (exact) mass is 301 g/mol. The molecule has 0 bridgehead atoms. The molecule has 3 rings (SSSR count). The number of aryl methyl sites for hydroxylation is 1. The molecule has 0 spiro atoms. The summed E-state index contributed by atoms with van der Waals surface area (Å²) in [6.07, 6.45) is 0.409. The second-order valence-electron chi connectivity index (χ2n) is 5.20. The predicted octanol–water partition coefficient (Wildman–Crippen LogP) is 3.34. The number of hydrogen-bond donors (Lipinski definition) is 2. The molecule has 2 aromatic heterocycles. The third kappa shape index (κ3) is 2.54. The van der Waals surface area contributed by atoms with Crippen LogP contribution in [0, 0.1) is 0 Å². The maximum absolute atomic E-state index is 10.0. The summed E-state index contributed by atoms with van der Waals surface area (Å²) < 4.78 is 2.09. The van der Waals surface area contributed by atoms with Gasteiger partial charge in [0.1, 0.15) is 11.9 Å². The molecule has 3 N–H and O–H groups in total. The molecule has 3 aromatic rings. The first-order valence-corrected chi connectivity index (χ1v) is 7.97. The minimum Gasteiger partial charge on any atom is -0.399 e. The molecule has 0 saturated heterocycles. The average Bonchev–Trinajstić information content (AvgIpc) is 3.03. The molecule has 1 atom stereocenters. The molecule has 0 saturated carbocycles. The van der Waals surface area contributed by atoms with Gasteiger partial charge in [0.05, 0.1) is 17.6 Å². The summed E-state index contributed by atoms with van der Waals surface area (Å²) in [6, 6.07) is 7.87. The lowest BCUT2D eigenvalue weighted by molar-refractivity contribution is 0.185. The number of imidazole rings is 1. The van der Waals surface area contributed by atoms with E-state index in [1.165, 1.54) is 10.4 Å². The molecule has 1 unspecified atom stereocenters. The molecular formula is C16H19N3OS. The highest BCUT2D eigenvalue weighted by atomic mass is 32.1. The summed E-state index contributed by atoms with van der Waals surface area (Å²) in [6.45, 7) is 4.64. The van der Waals surface area contributed by atoms with Crippen LogP contribution in [0.5, 0.6) is 0 Å². The number of anilines is 1. The largest absolute Gasteiger partial charge is 0.399 e. The number of nitrogens with zero attached hydrogens (tertiary/aromatic N) is 2. The van der Waals surface area contributed by atoms with E-state index in [4.69, 9.17) is 5.73 Å². The smallest absolute Gasteiger partial charge is 0.138 e. The van der Waals surface area contributed by atoms with Crippen LogP contribution >= 0.6 is 11.3 Å². The highest BCUT2D eigenvalue weighted by Crippen LogP contribution is 2.26. The van der Waals surface area contributed by atoms with Crippen molar-refractivity contribution in [3.63, 3.8) is 0 Å². The van der Waals surface area contributed by atoms with Gasteiger partial charge in [-0.1, -0.05) is 6.92 Å². The summed E-state index contributed by atoms with van der Waals surface area (Å²) in [4.78, 5) is 5.86. The van der Waals surface area contributed by atoms with Crippen molar-refractivity contribution in [3.8, 4) is 0 Å². The Balaban J connectivity index is 2.13. The number of nitrogens with two attached hydrogens (primary N) is 1. The Morgan fingerprint density at radius 1 is 1.38 bits per heavy atom. The molecule has 0 radical (unpaired) electrons. The van der Waals surface area contributed by atoms with E-state index in [-0.39, 0.29) is 0 Å². The van der Waals surface area contributed by atoms with Gasteiger partial charge in [-0.3, -0.25) is 0 Å². The van der Waals surface area contributed by atoms with E-state index < -0.39 is 6.10 Å². The maximum Gasteiger partial charge on any atom is 0.138 e. The Morgan fingerprint density at radius 3 is 2.90 bits per heavy atom. The van der Waals surface area contributed by atoms with E-state index in [0.717, 1.165) is 24.0 Å². The number of thiophene rings is 1. The maximum atomic E-state index is 10.0. The van der Waals surface area contributed by atoms with Crippen LogP contribution in [0.1, 0.15) is 36.2 Å². The van der Waals surface area contributed by atoms with E-state index in [2.05, 4.69) is 27.9 Å². The van der Waals surface area contributed by atoms with Crippen molar-refractivity contribution in [1.29, 1.82) is 0 Å². The summed E-state index contributed by atoms with van der Waals surface area (Å²) in [7, 11) is 0. The number of aliphatic hydroxyl groups is 1. The minimum absolute atomic E-state index is 0.608. The van der Waals surface area contributed by atoms with E-state index >= 15 is 0 Å². The Kier molecular flexibility index (Phi) is 3.69. The van der Waals surface area contributed by atoms with Crippen LogP contribution in [0.2, 0.25) is 0 Å². The first-order valence-electron chi connectivity index (χ1n) is 7.09. The van der Waals surface area contributed by atoms with Gasteiger partial charge in [0.2, 0.25) is 0 Å². The van der Waals surface area contributed by atoms with Gasteiger partial charge in [0, 0.05) is 10.6 Å². The van der Waals surface area contributed by atoms with Gasteiger partial charge in [-0.05, 0) is 48.6 Å². The molecule has 0 aliphatic carbocycles. The average molecular weight is 301 g/mol. The van der Waals surface area contributed by atoms with Crippen molar-refractivity contribution in [2.45, 2.75) is 32.9 Å². The van der Waals surface area contributed by atoms with Gasteiger partial charge in [-0.15, -0.1) is 11.3 Å². The zero-order chi connectivity index (χ0) is 15.0. The summed E-state index contributed by atoms with van der Waals surface area (Å²) in [5, 5.41) is 12.1. The molecule has 2 heterocycles. The standard InChI is InChI=1S/C16H19N3OS/c1-3-11-6-7-21-15(11)9-19-14-5-4-12(17)8-13(14)18-16(19)10(2)20/h4-8,10,20H,3,9,17H2,1-2H3. The lowest BCUT2D eigenvalue weighted by Crippen LogP contribution is -2.08. The van der Waals surface area contributed by atoms with Crippen LogP contribution in [0.4, 0.5) is 5.69 Å². The van der Waals surface area contributed by atoms with Gasteiger partial charge >= 0.3 is 0 Å². The number of aliphatic hydroxyl groups excluding tert-OH is 1. The zero-order valence-corrected chi connectivity index (χ0v) is 13.0. The first kappa shape index (κ1) is 14.1. The molecule has 4 nitrogen and oxygen atoms in total. The van der Waals surface area contributed by atoms with E-state index in [1.54, 1.807) is 18.3 Å². The fourth-order valence-electron chi connectivity index (χ4n) is 2.61. The van der Waals surface area contributed by atoms with Crippen molar-refractivity contribution in [1.82, 2.24) is 9.55 Å².